The molecule has 1 amide bonds. The number of anilines is 2. The first-order chi connectivity index (χ1) is 20.5. The Bertz CT molecular complexity index is 1660. The van der Waals surface area contributed by atoms with E-state index in [1.807, 2.05) is 72.8 Å². The number of ether oxygens (including phenoxy) is 1. The molecule has 0 spiro atoms. The molecule has 42 heavy (non-hydrogen) atoms. The van der Waals surface area contributed by atoms with Gasteiger partial charge in [0.2, 0.25) is 16.2 Å². The summed E-state index contributed by atoms with van der Waals surface area (Å²) in [6.07, 6.45) is 1.61. The normalized spacial score (nSPS) is 11.1. The standard InChI is InChI=1S/C27H24BrN9O2S3/c28-21-11-6-9-19(13-21)16-41-27-36-34-25(42-27)31-23(38)17-40-26-35-33-24(37(26)29)32-30-14-20-10-4-5-12-22(20)39-15-18-7-2-1-3-8-18/h1-14H,15-17,29H2,(H,32,33)(H,31,34,38)/b30-14+. The molecule has 5 aromatic rings. The summed E-state index contributed by atoms with van der Waals surface area (Å²) in [4.78, 5) is 12.5. The minimum absolute atomic E-state index is 0.0603. The predicted molar refractivity (Wildman–Crippen MR) is 172 cm³/mol. The van der Waals surface area contributed by atoms with Gasteiger partial charge in [0, 0.05) is 15.8 Å². The molecule has 2 aromatic heterocycles. The summed E-state index contributed by atoms with van der Waals surface area (Å²) in [6, 6.07) is 25.5. The van der Waals surface area contributed by atoms with Crippen molar-refractivity contribution < 1.29 is 9.53 Å². The Balaban J connectivity index is 1.08. The van der Waals surface area contributed by atoms with E-state index >= 15 is 0 Å². The van der Waals surface area contributed by atoms with Crippen LogP contribution in [0.3, 0.4) is 0 Å². The number of hydrogen-bond acceptors (Lipinski definition) is 12. The number of benzene rings is 3. The maximum Gasteiger partial charge on any atom is 0.264 e. The number of hydrogen-bond donors (Lipinski definition) is 3. The first-order valence-electron chi connectivity index (χ1n) is 12.4. The molecular weight excluding hydrogens is 658 g/mol. The highest BCUT2D eigenvalue weighted by molar-refractivity contribution is 9.10. The third-order valence-electron chi connectivity index (χ3n) is 5.43. The second-order valence-electron chi connectivity index (χ2n) is 8.49. The molecule has 0 aliphatic carbocycles. The molecule has 0 bridgehead atoms. The number of nitrogens with two attached hydrogens (primary N) is 1. The lowest BCUT2D eigenvalue weighted by molar-refractivity contribution is -0.113. The van der Waals surface area contributed by atoms with E-state index in [2.05, 4.69) is 58.2 Å². The van der Waals surface area contributed by atoms with Gasteiger partial charge in [0.25, 0.3) is 5.95 Å². The van der Waals surface area contributed by atoms with Gasteiger partial charge < -0.3 is 10.6 Å². The van der Waals surface area contributed by atoms with Gasteiger partial charge in [-0.1, -0.05) is 105 Å². The zero-order chi connectivity index (χ0) is 29.1. The Hall–Kier alpha value is -3.92. The lowest BCUT2D eigenvalue weighted by atomic mass is 10.2. The molecule has 0 saturated heterocycles. The predicted octanol–water partition coefficient (Wildman–Crippen LogP) is 5.65. The van der Waals surface area contributed by atoms with Crippen LogP contribution in [0.4, 0.5) is 11.1 Å². The molecule has 0 atom stereocenters. The van der Waals surface area contributed by atoms with Crippen LogP contribution in [0.5, 0.6) is 5.75 Å². The number of carbonyl (C=O) groups is 1. The van der Waals surface area contributed by atoms with Crippen LogP contribution in [0.15, 0.2) is 97.9 Å². The van der Waals surface area contributed by atoms with Gasteiger partial charge in [-0.15, -0.1) is 20.4 Å². The molecule has 0 fully saturated rings. The Morgan fingerprint density at radius 3 is 2.67 bits per heavy atom. The van der Waals surface area contributed by atoms with Crippen molar-refractivity contribution >= 4 is 74.0 Å². The van der Waals surface area contributed by atoms with E-state index < -0.39 is 0 Å². The van der Waals surface area contributed by atoms with E-state index in [1.165, 1.54) is 16.0 Å². The van der Waals surface area contributed by atoms with Gasteiger partial charge in [-0.05, 0) is 35.4 Å². The summed E-state index contributed by atoms with van der Waals surface area (Å²) in [7, 11) is 0. The first kappa shape index (κ1) is 29.6. The highest BCUT2D eigenvalue weighted by atomic mass is 79.9. The first-order valence-corrected chi connectivity index (χ1v) is 16.0. The van der Waals surface area contributed by atoms with E-state index in [1.54, 1.807) is 18.0 Å². The number of thioether (sulfide) groups is 2. The highest BCUT2D eigenvalue weighted by Gasteiger charge is 2.14. The van der Waals surface area contributed by atoms with Crippen molar-refractivity contribution in [3.8, 4) is 5.75 Å². The third-order valence-corrected chi connectivity index (χ3v) is 8.90. The second-order valence-corrected chi connectivity index (χ2v) is 12.5. The Morgan fingerprint density at radius 1 is 1.00 bits per heavy atom. The van der Waals surface area contributed by atoms with Gasteiger partial charge in [-0.25, -0.2) is 10.1 Å². The van der Waals surface area contributed by atoms with Gasteiger partial charge in [0.15, 0.2) is 4.34 Å². The van der Waals surface area contributed by atoms with E-state index in [4.69, 9.17) is 10.6 Å². The van der Waals surface area contributed by atoms with Gasteiger partial charge in [0.05, 0.1) is 12.0 Å². The number of halogens is 1. The van der Waals surface area contributed by atoms with E-state index in [-0.39, 0.29) is 17.6 Å². The number of nitrogens with zero attached hydrogens (tertiary/aromatic N) is 6. The van der Waals surface area contributed by atoms with Crippen molar-refractivity contribution in [3.63, 3.8) is 0 Å². The molecule has 0 radical (unpaired) electrons. The second kappa shape index (κ2) is 14.8. The summed E-state index contributed by atoms with van der Waals surface area (Å²) < 4.78 is 8.98. The Morgan fingerprint density at radius 2 is 1.81 bits per heavy atom. The summed E-state index contributed by atoms with van der Waals surface area (Å²) >= 11 is 7.48. The van der Waals surface area contributed by atoms with E-state index in [0.717, 1.165) is 43.0 Å². The van der Waals surface area contributed by atoms with Crippen LogP contribution in [0.25, 0.3) is 0 Å². The molecule has 0 saturated carbocycles. The van der Waals surface area contributed by atoms with Crippen LogP contribution in [0.2, 0.25) is 0 Å². The Kier molecular flexibility index (Phi) is 10.4. The van der Waals surface area contributed by atoms with Crippen molar-refractivity contribution in [3.05, 3.63) is 100 Å². The van der Waals surface area contributed by atoms with Crippen molar-refractivity contribution in [1.82, 2.24) is 25.1 Å². The van der Waals surface area contributed by atoms with Gasteiger partial charge in [0.1, 0.15) is 12.4 Å². The molecule has 0 unspecified atom stereocenters. The van der Waals surface area contributed by atoms with Gasteiger partial charge in [-0.2, -0.15) is 5.10 Å². The number of nitrogen functional groups attached to an aromatic ring is 1. The van der Waals surface area contributed by atoms with Crippen LogP contribution in [0, 0.1) is 0 Å². The molecule has 5 rings (SSSR count). The summed E-state index contributed by atoms with van der Waals surface area (Å²) in [6.45, 7) is 0.441. The minimum Gasteiger partial charge on any atom is -0.488 e. The number of nitrogens with one attached hydrogen (secondary N) is 2. The van der Waals surface area contributed by atoms with Crippen molar-refractivity contribution in [2.75, 3.05) is 22.3 Å². The number of hydrazone groups is 1. The van der Waals surface area contributed by atoms with Gasteiger partial charge >= 0.3 is 0 Å². The summed E-state index contributed by atoms with van der Waals surface area (Å²) in [5.74, 6) is 7.56. The average molecular weight is 683 g/mol. The van der Waals surface area contributed by atoms with Crippen LogP contribution < -0.4 is 21.3 Å². The molecule has 11 nitrogen and oxygen atoms in total. The topological polar surface area (TPSA) is 145 Å². The number of rotatable bonds is 13. The summed E-state index contributed by atoms with van der Waals surface area (Å²) in [5, 5.41) is 24.0. The van der Waals surface area contributed by atoms with Crippen LogP contribution in [-0.4, -0.2) is 42.9 Å². The number of aromatic nitrogens is 5. The zero-order valence-corrected chi connectivity index (χ0v) is 25.9. The fraction of sp³-hybridized carbons (Fsp3) is 0.111. The molecule has 15 heteroatoms. The van der Waals surface area contributed by atoms with Crippen molar-refractivity contribution in [2.45, 2.75) is 21.9 Å². The molecule has 3 aromatic carbocycles. The molecule has 214 valence electrons. The molecule has 4 N–H and O–H groups in total. The average Bonchev–Trinajstić information content (AvgIpc) is 3.60. The number of carbonyl (C=O) groups excluding carboxylic acids is 1. The van der Waals surface area contributed by atoms with Gasteiger partial charge in [-0.3, -0.25) is 10.1 Å². The minimum atomic E-state index is -0.262. The van der Waals surface area contributed by atoms with E-state index in [9.17, 15) is 4.79 Å². The summed E-state index contributed by atoms with van der Waals surface area (Å²) in [5.41, 5.74) is 5.79. The number of para-hydroxylation sites is 1. The lowest BCUT2D eigenvalue weighted by Gasteiger charge is -2.09. The van der Waals surface area contributed by atoms with Crippen molar-refractivity contribution in [2.24, 2.45) is 5.10 Å². The molecule has 2 heterocycles. The van der Waals surface area contributed by atoms with Crippen LogP contribution in [0.1, 0.15) is 16.7 Å². The fourth-order valence-electron chi connectivity index (χ4n) is 3.44. The largest absolute Gasteiger partial charge is 0.488 e. The Labute approximate surface area is 262 Å². The smallest absolute Gasteiger partial charge is 0.264 e. The maximum atomic E-state index is 12.5. The monoisotopic (exact) mass is 681 g/mol. The molecule has 0 aliphatic rings. The quantitative estimate of drug-likeness (QED) is 0.0468. The number of amides is 1. The molecule has 0 aliphatic heterocycles. The van der Waals surface area contributed by atoms with Crippen LogP contribution in [-0.2, 0) is 17.2 Å². The van der Waals surface area contributed by atoms with Crippen LogP contribution >= 0.6 is 50.8 Å². The highest BCUT2D eigenvalue weighted by Crippen LogP contribution is 2.29. The molecular formula is C27H24BrN9O2S3. The SMILES string of the molecule is Nn1c(N/N=C/c2ccccc2OCc2ccccc2)nnc1SCC(=O)Nc1nnc(SCc2cccc(Br)c2)s1. The zero-order valence-electron chi connectivity index (χ0n) is 21.9. The fourth-order valence-corrected chi connectivity index (χ4v) is 6.26. The maximum absolute atomic E-state index is 12.5. The lowest BCUT2D eigenvalue weighted by Crippen LogP contribution is -2.16. The third kappa shape index (κ3) is 8.55. The van der Waals surface area contributed by atoms with Crippen molar-refractivity contribution in [1.29, 1.82) is 0 Å². The van der Waals surface area contributed by atoms with E-state index in [0.29, 0.717) is 22.6 Å².